The van der Waals surface area contributed by atoms with Gasteiger partial charge in [-0.2, -0.15) is 0 Å². The number of rotatable bonds is 3. The van der Waals surface area contributed by atoms with Gasteiger partial charge in [0.05, 0.1) is 6.10 Å². The molecule has 1 aromatic rings. The largest absolute Gasteiger partial charge is 0.393 e. The number of benzene rings is 1. The van der Waals surface area contributed by atoms with Gasteiger partial charge in [-0.15, -0.1) is 0 Å². The van der Waals surface area contributed by atoms with E-state index >= 15 is 0 Å². The van der Waals surface area contributed by atoms with Crippen LogP contribution < -0.4 is 0 Å². The number of alkyl halides is 1. The van der Waals surface area contributed by atoms with E-state index in [0.717, 1.165) is 6.07 Å². The lowest BCUT2D eigenvalue weighted by Crippen LogP contribution is -2.07. The SMILES string of the molecule is CC(O)Cc1cc(CF)cc(F)c1F. The zero-order chi connectivity index (χ0) is 10.7. The first-order valence-electron chi connectivity index (χ1n) is 4.25. The number of halogens is 3. The molecule has 1 aromatic carbocycles. The summed E-state index contributed by atoms with van der Waals surface area (Å²) in [5.74, 6) is -2.08. The Hall–Kier alpha value is -1.03. The number of aliphatic hydroxyl groups excluding tert-OH is 1. The Balaban J connectivity index is 3.07. The molecule has 0 fully saturated rings. The van der Waals surface area contributed by atoms with Crippen molar-refractivity contribution in [3.05, 3.63) is 34.9 Å². The molecule has 1 unspecified atom stereocenters. The summed E-state index contributed by atoms with van der Waals surface area (Å²) in [4.78, 5) is 0. The van der Waals surface area contributed by atoms with E-state index in [1.807, 2.05) is 0 Å². The normalized spacial score (nSPS) is 12.9. The van der Waals surface area contributed by atoms with Crippen LogP contribution in [0, 0.1) is 11.6 Å². The highest BCUT2D eigenvalue weighted by atomic mass is 19.2. The minimum atomic E-state index is -1.07. The molecular weight excluding hydrogens is 193 g/mol. The van der Waals surface area contributed by atoms with Crippen LogP contribution in [0.1, 0.15) is 18.1 Å². The van der Waals surface area contributed by atoms with Crippen molar-refractivity contribution in [2.45, 2.75) is 26.1 Å². The Kier molecular flexibility index (Phi) is 3.52. The molecule has 1 atom stereocenters. The van der Waals surface area contributed by atoms with Crippen LogP contribution in [0.15, 0.2) is 12.1 Å². The zero-order valence-electron chi connectivity index (χ0n) is 7.73. The predicted molar refractivity (Wildman–Crippen MR) is 46.6 cm³/mol. The topological polar surface area (TPSA) is 20.2 Å². The Bertz CT molecular complexity index is 323. The van der Waals surface area contributed by atoms with Crippen LogP contribution in [0.25, 0.3) is 0 Å². The van der Waals surface area contributed by atoms with Crippen LogP contribution in [0.2, 0.25) is 0 Å². The minimum absolute atomic E-state index is 0.00708. The first-order valence-corrected chi connectivity index (χ1v) is 4.25. The van der Waals surface area contributed by atoms with E-state index < -0.39 is 24.4 Å². The molecule has 0 aliphatic carbocycles. The van der Waals surface area contributed by atoms with Gasteiger partial charge in [-0.25, -0.2) is 13.2 Å². The van der Waals surface area contributed by atoms with E-state index in [-0.39, 0.29) is 17.5 Å². The summed E-state index contributed by atoms with van der Waals surface area (Å²) >= 11 is 0. The molecule has 0 radical (unpaired) electrons. The lowest BCUT2D eigenvalue weighted by molar-refractivity contribution is 0.193. The fourth-order valence-corrected chi connectivity index (χ4v) is 1.25. The molecule has 0 saturated carbocycles. The average molecular weight is 204 g/mol. The third kappa shape index (κ3) is 2.48. The van der Waals surface area contributed by atoms with Gasteiger partial charge in [0, 0.05) is 6.42 Å². The predicted octanol–water partition coefficient (Wildman–Crippen LogP) is 2.36. The first kappa shape index (κ1) is 11.0. The minimum Gasteiger partial charge on any atom is -0.393 e. The lowest BCUT2D eigenvalue weighted by atomic mass is 10.0. The van der Waals surface area contributed by atoms with Crippen molar-refractivity contribution < 1.29 is 18.3 Å². The smallest absolute Gasteiger partial charge is 0.162 e. The Morgan fingerprint density at radius 3 is 2.50 bits per heavy atom. The fourth-order valence-electron chi connectivity index (χ4n) is 1.25. The van der Waals surface area contributed by atoms with Gasteiger partial charge in [0.25, 0.3) is 0 Å². The van der Waals surface area contributed by atoms with Gasteiger partial charge < -0.3 is 5.11 Å². The summed E-state index contributed by atoms with van der Waals surface area (Å²) in [5, 5.41) is 9.00. The first-order chi connectivity index (χ1) is 6.54. The van der Waals surface area contributed by atoms with Crippen LogP contribution in [-0.4, -0.2) is 11.2 Å². The fraction of sp³-hybridized carbons (Fsp3) is 0.400. The number of hydrogen-bond acceptors (Lipinski definition) is 1. The van der Waals surface area contributed by atoms with Gasteiger partial charge in [-0.05, 0) is 30.2 Å². The molecule has 78 valence electrons. The van der Waals surface area contributed by atoms with Crippen molar-refractivity contribution in [2.75, 3.05) is 0 Å². The maximum atomic E-state index is 13.1. The van der Waals surface area contributed by atoms with Crippen LogP contribution in [0.5, 0.6) is 0 Å². The second kappa shape index (κ2) is 4.46. The molecule has 0 spiro atoms. The maximum Gasteiger partial charge on any atom is 0.162 e. The van der Waals surface area contributed by atoms with E-state index in [2.05, 4.69) is 0 Å². The molecular formula is C10H11F3O. The quantitative estimate of drug-likeness (QED) is 0.801. The van der Waals surface area contributed by atoms with Crippen LogP contribution >= 0.6 is 0 Å². The monoisotopic (exact) mass is 204 g/mol. The van der Waals surface area contributed by atoms with Gasteiger partial charge >= 0.3 is 0 Å². The number of aliphatic hydroxyl groups is 1. The zero-order valence-corrected chi connectivity index (χ0v) is 7.73. The Morgan fingerprint density at radius 1 is 1.36 bits per heavy atom. The third-order valence-corrected chi connectivity index (χ3v) is 1.83. The molecule has 0 aliphatic heterocycles. The highest BCUT2D eigenvalue weighted by Gasteiger charge is 2.12. The van der Waals surface area contributed by atoms with Crippen LogP contribution in [0.4, 0.5) is 13.2 Å². The van der Waals surface area contributed by atoms with Gasteiger partial charge in [-0.1, -0.05) is 0 Å². The average Bonchev–Trinajstić information content (AvgIpc) is 2.11. The van der Waals surface area contributed by atoms with Crippen molar-refractivity contribution in [3.8, 4) is 0 Å². The summed E-state index contributed by atoms with van der Waals surface area (Å²) in [6, 6.07) is 2.05. The summed E-state index contributed by atoms with van der Waals surface area (Å²) < 4.78 is 38.1. The van der Waals surface area contributed by atoms with Gasteiger partial charge in [0.1, 0.15) is 6.67 Å². The standard InChI is InChI=1S/C10H11F3O/c1-6(14)2-8-3-7(5-11)4-9(12)10(8)13/h3-4,6,14H,2,5H2,1H3. The highest BCUT2D eigenvalue weighted by Crippen LogP contribution is 2.17. The van der Waals surface area contributed by atoms with E-state index in [0.29, 0.717) is 0 Å². The van der Waals surface area contributed by atoms with Gasteiger partial charge in [-0.3, -0.25) is 0 Å². The van der Waals surface area contributed by atoms with Crippen molar-refractivity contribution >= 4 is 0 Å². The van der Waals surface area contributed by atoms with E-state index in [1.54, 1.807) is 0 Å². The molecule has 14 heavy (non-hydrogen) atoms. The molecule has 0 aliphatic rings. The van der Waals surface area contributed by atoms with Crippen LogP contribution in [-0.2, 0) is 13.1 Å². The highest BCUT2D eigenvalue weighted by molar-refractivity contribution is 5.26. The van der Waals surface area contributed by atoms with Crippen molar-refractivity contribution in [1.82, 2.24) is 0 Å². The molecule has 0 aromatic heterocycles. The summed E-state index contributed by atoms with van der Waals surface area (Å²) in [7, 11) is 0. The molecule has 0 saturated heterocycles. The summed E-state index contributed by atoms with van der Waals surface area (Å²) in [6.45, 7) is 0.615. The van der Waals surface area contributed by atoms with Crippen molar-refractivity contribution in [2.24, 2.45) is 0 Å². The number of hydrogen-bond donors (Lipinski definition) is 1. The molecule has 1 nitrogen and oxygen atoms in total. The third-order valence-electron chi connectivity index (χ3n) is 1.83. The van der Waals surface area contributed by atoms with Crippen molar-refractivity contribution in [1.29, 1.82) is 0 Å². The second-order valence-electron chi connectivity index (χ2n) is 3.24. The Labute approximate surface area is 80.2 Å². The maximum absolute atomic E-state index is 13.1. The summed E-state index contributed by atoms with van der Waals surface area (Å²) in [5.41, 5.74) is 0.0900. The molecule has 4 heteroatoms. The van der Waals surface area contributed by atoms with E-state index in [1.165, 1.54) is 13.0 Å². The molecule has 1 rings (SSSR count). The molecule has 1 N–H and O–H groups in total. The molecule has 0 bridgehead atoms. The summed E-state index contributed by atoms with van der Waals surface area (Å²) in [6.07, 6.45) is -0.796. The van der Waals surface area contributed by atoms with Crippen LogP contribution in [0.3, 0.4) is 0 Å². The second-order valence-corrected chi connectivity index (χ2v) is 3.24. The lowest BCUT2D eigenvalue weighted by Gasteiger charge is -2.07. The molecule has 0 heterocycles. The van der Waals surface area contributed by atoms with E-state index in [4.69, 9.17) is 5.11 Å². The molecule has 0 amide bonds. The van der Waals surface area contributed by atoms with Gasteiger partial charge in [0.15, 0.2) is 11.6 Å². The van der Waals surface area contributed by atoms with Gasteiger partial charge in [0.2, 0.25) is 0 Å². The van der Waals surface area contributed by atoms with Crippen molar-refractivity contribution in [3.63, 3.8) is 0 Å². The van der Waals surface area contributed by atoms with E-state index in [9.17, 15) is 13.2 Å². The Morgan fingerprint density at radius 2 is 2.00 bits per heavy atom.